The van der Waals surface area contributed by atoms with Gasteiger partial charge in [0.1, 0.15) is 5.25 Å². The first-order valence-electron chi connectivity index (χ1n) is 5.47. The zero-order valence-electron chi connectivity index (χ0n) is 9.92. The van der Waals surface area contributed by atoms with Crippen molar-refractivity contribution < 1.29 is 27.0 Å². The molecule has 2 rings (SSSR count). The van der Waals surface area contributed by atoms with Crippen LogP contribution in [0.3, 0.4) is 0 Å². The Morgan fingerprint density at radius 2 is 2.10 bits per heavy atom. The number of benzene rings is 1. The molecule has 1 heterocycles. The van der Waals surface area contributed by atoms with Gasteiger partial charge in [0.2, 0.25) is 5.91 Å². The van der Waals surface area contributed by atoms with Crippen LogP contribution < -0.4 is 4.90 Å². The second-order valence-electron chi connectivity index (χ2n) is 4.27. The van der Waals surface area contributed by atoms with Gasteiger partial charge in [-0.25, -0.2) is 4.79 Å². The van der Waals surface area contributed by atoms with Gasteiger partial charge in [0.25, 0.3) is 0 Å². The molecule has 9 heteroatoms. The minimum atomic E-state index is -4.83. The van der Waals surface area contributed by atoms with Crippen LogP contribution in [0.2, 0.25) is 0 Å². The lowest BCUT2D eigenvalue weighted by Crippen LogP contribution is -2.28. The number of amides is 1. The molecule has 20 heavy (non-hydrogen) atoms. The summed E-state index contributed by atoms with van der Waals surface area (Å²) in [5.41, 5.74) is -0.0452. The lowest BCUT2D eigenvalue weighted by molar-refractivity contribution is -0.117. The summed E-state index contributed by atoms with van der Waals surface area (Å²) < 4.78 is 35.3. The molecule has 108 valence electrons. The molecule has 1 fully saturated rings. The van der Waals surface area contributed by atoms with Crippen molar-refractivity contribution in [3.8, 4) is 0 Å². The molecular formula is C11H9FINO5S. The van der Waals surface area contributed by atoms with Crippen molar-refractivity contribution in [2.75, 3.05) is 11.4 Å². The molecule has 1 aliphatic heterocycles. The number of hydrogen-bond acceptors (Lipinski definition) is 4. The normalized spacial score (nSPS) is 19.4. The van der Waals surface area contributed by atoms with E-state index in [1.165, 1.54) is 12.1 Å². The van der Waals surface area contributed by atoms with Crippen LogP contribution in [-0.4, -0.2) is 37.2 Å². The second kappa shape index (κ2) is 5.28. The maximum atomic E-state index is 13.0. The molecule has 1 aliphatic rings. The second-order valence-corrected chi connectivity index (χ2v) is 7.14. The van der Waals surface area contributed by atoms with Crippen molar-refractivity contribution in [1.29, 1.82) is 0 Å². The molecule has 0 aliphatic carbocycles. The predicted molar refractivity (Wildman–Crippen MR) is 76.9 cm³/mol. The molecule has 0 saturated carbocycles. The Bertz CT molecular complexity index is 690. The molecular weight excluding hydrogens is 404 g/mol. The van der Waals surface area contributed by atoms with Gasteiger partial charge in [-0.1, -0.05) is 0 Å². The molecule has 0 bridgehead atoms. The Kier molecular flexibility index (Phi) is 4.00. The average molecular weight is 413 g/mol. The van der Waals surface area contributed by atoms with E-state index < -0.39 is 33.8 Å². The number of carbonyl (C=O) groups is 2. The summed E-state index contributed by atoms with van der Waals surface area (Å²) in [6, 6.07) is 4.37. The van der Waals surface area contributed by atoms with Gasteiger partial charge < -0.3 is 10.0 Å². The van der Waals surface area contributed by atoms with Crippen molar-refractivity contribution in [3.63, 3.8) is 0 Å². The number of carboxylic acid groups (broad SMARTS) is 1. The van der Waals surface area contributed by atoms with Gasteiger partial charge >= 0.3 is 16.2 Å². The molecule has 1 amide bonds. The lowest BCUT2D eigenvalue weighted by Gasteiger charge is -2.18. The third-order valence-electron chi connectivity index (χ3n) is 2.97. The van der Waals surface area contributed by atoms with Crippen LogP contribution in [-0.2, 0) is 15.0 Å². The highest BCUT2D eigenvalue weighted by atomic mass is 127. The van der Waals surface area contributed by atoms with E-state index in [9.17, 15) is 21.9 Å². The number of halogens is 2. The maximum Gasteiger partial charge on any atom is 0.337 e. The third-order valence-corrected chi connectivity index (χ3v) is 4.75. The first kappa shape index (κ1) is 15.2. The number of nitrogens with zero attached hydrogens (tertiary/aromatic N) is 1. The summed E-state index contributed by atoms with van der Waals surface area (Å²) >= 11 is 1.92. The van der Waals surface area contributed by atoms with E-state index in [1.807, 2.05) is 22.6 Å². The molecule has 6 nitrogen and oxygen atoms in total. The van der Waals surface area contributed by atoms with Crippen molar-refractivity contribution in [1.82, 2.24) is 0 Å². The van der Waals surface area contributed by atoms with Crippen LogP contribution in [0.15, 0.2) is 18.2 Å². The van der Waals surface area contributed by atoms with Crippen LogP contribution in [0.5, 0.6) is 0 Å². The largest absolute Gasteiger partial charge is 0.478 e. The lowest BCUT2D eigenvalue weighted by atomic mass is 10.1. The quantitative estimate of drug-likeness (QED) is 0.598. The van der Waals surface area contributed by atoms with Crippen LogP contribution in [0.4, 0.5) is 9.57 Å². The van der Waals surface area contributed by atoms with Crippen LogP contribution in [0.25, 0.3) is 0 Å². The molecule has 1 aromatic rings. The summed E-state index contributed by atoms with van der Waals surface area (Å²) in [4.78, 5) is 24.0. The van der Waals surface area contributed by atoms with Crippen molar-refractivity contribution >= 4 is 50.4 Å². The van der Waals surface area contributed by atoms with Gasteiger partial charge in [0.05, 0.1) is 11.3 Å². The van der Waals surface area contributed by atoms with Crippen molar-refractivity contribution in [2.24, 2.45) is 0 Å². The van der Waals surface area contributed by atoms with Gasteiger partial charge in [-0.15, -0.1) is 3.89 Å². The number of rotatable bonds is 3. The standard InChI is InChI=1S/C11H9FINO5S/c12-20(18,19)7-4-10(15)14(5-7)9-2-1-6(13)3-8(9)11(16)17/h1-3,7H,4-5H2,(H,16,17). The fraction of sp³-hybridized carbons (Fsp3) is 0.273. The fourth-order valence-electron chi connectivity index (χ4n) is 2.01. The van der Waals surface area contributed by atoms with Gasteiger partial charge in [-0.05, 0) is 40.8 Å². The first-order valence-corrected chi connectivity index (χ1v) is 7.99. The number of anilines is 1. The fourth-order valence-corrected chi connectivity index (χ4v) is 3.17. The van der Waals surface area contributed by atoms with E-state index in [4.69, 9.17) is 5.11 Å². The Labute approximate surface area is 127 Å². The van der Waals surface area contributed by atoms with E-state index in [-0.39, 0.29) is 17.8 Å². The average Bonchev–Trinajstić information content (AvgIpc) is 2.71. The smallest absolute Gasteiger partial charge is 0.337 e. The zero-order valence-corrected chi connectivity index (χ0v) is 12.9. The summed E-state index contributed by atoms with van der Waals surface area (Å²) in [6.45, 7) is -0.376. The van der Waals surface area contributed by atoms with Crippen molar-refractivity contribution in [3.05, 3.63) is 27.3 Å². The highest BCUT2D eigenvalue weighted by Gasteiger charge is 2.40. The highest BCUT2D eigenvalue weighted by molar-refractivity contribution is 14.1. The molecule has 0 aromatic heterocycles. The Morgan fingerprint density at radius 1 is 1.45 bits per heavy atom. The summed E-state index contributed by atoms with van der Waals surface area (Å²) in [5.74, 6) is -1.85. The van der Waals surface area contributed by atoms with Gasteiger partial charge in [-0.2, -0.15) is 8.42 Å². The van der Waals surface area contributed by atoms with Crippen LogP contribution >= 0.6 is 22.6 Å². The molecule has 1 atom stereocenters. The summed E-state index contributed by atoms with van der Waals surface area (Å²) in [5, 5.41) is 7.68. The van der Waals surface area contributed by atoms with Crippen LogP contribution in [0.1, 0.15) is 16.8 Å². The number of carboxylic acids is 1. The number of aromatic carboxylic acids is 1. The first-order chi connectivity index (χ1) is 9.20. The summed E-state index contributed by atoms with van der Waals surface area (Å²) in [7, 11) is -4.83. The minimum Gasteiger partial charge on any atom is -0.478 e. The van der Waals surface area contributed by atoms with E-state index in [0.717, 1.165) is 4.90 Å². The Morgan fingerprint density at radius 3 is 2.60 bits per heavy atom. The number of hydrogen-bond donors (Lipinski definition) is 1. The minimum absolute atomic E-state index is 0.0778. The van der Waals surface area contributed by atoms with Gasteiger partial charge in [-0.3, -0.25) is 4.79 Å². The van der Waals surface area contributed by atoms with Crippen molar-refractivity contribution in [2.45, 2.75) is 11.7 Å². The third kappa shape index (κ3) is 2.92. The number of carbonyl (C=O) groups excluding carboxylic acids is 1. The predicted octanol–water partition coefficient (Wildman–Crippen LogP) is 1.39. The molecule has 0 spiro atoms. The van der Waals surface area contributed by atoms with Gasteiger partial charge in [0, 0.05) is 16.5 Å². The highest BCUT2D eigenvalue weighted by Crippen LogP contribution is 2.29. The van der Waals surface area contributed by atoms with E-state index in [2.05, 4.69) is 0 Å². The summed E-state index contributed by atoms with van der Waals surface area (Å²) in [6.07, 6.45) is -0.482. The molecule has 1 N–H and O–H groups in total. The molecule has 0 radical (unpaired) electrons. The van der Waals surface area contributed by atoms with E-state index in [0.29, 0.717) is 3.57 Å². The monoisotopic (exact) mass is 413 g/mol. The SMILES string of the molecule is O=C(O)c1cc(I)ccc1N1CC(S(=O)(=O)F)CC1=O. The zero-order chi connectivity index (χ0) is 15.1. The maximum absolute atomic E-state index is 13.0. The Balaban J connectivity index is 2.43. The molecule has 1 aromatic carbocycles. The molecule has 1 unspecified atom stereocenters. The van der Waals surface area contributed by atoms with E-state index >= 15 is 0 Å². The van der Waals surface area contributed by atoms with Crippen LogP contribution in [0, 0.1) is 3.57 Å². The molecule has 1 saturated heterocycles. The topological polar surface area (TPSA) is 91.8 Å². The Hall–Kier alpha value is -1.23. The van der Waals surface area contributed by atoms with Gasteiger partial charge in [0.15, 0.2) is 0 Å². The van der Waals surface area contributed by atoms with E-state index in [1.54, 1.807) is 6.07 Å².